The van der Waals surface area contributed by atoms with Gasteiger partial charge < -0.3 is 0 Å². The summed E-state index contributed by atoms with van der Waals surface area (Å²) in [6.45, 7) is 6.61. The number of aryl methyl sites for hydroxylation is 2. The van der Waals surface area contributed by atoms with E-state index in [4.69, 9.17) is 11.6 Å². The number of nitrogens with zero attached hydrogens (tertiary/aromatic N) is 3. The van der Waals surface area contributed by atoms with E-state index in [1.165, 1.54) is 21.6 Å². The number of ketones is 1. The normalized spacial score (nSPS) is 11.5. The Kier molecular flexibility index (Phi) is 6.63. The maximum atomic E-state index is 13.2. The lowest BCUT2D eigenvalue weighted by Crippen LogP contribution is -2.29. The topological polar surface area (TPSA) is 56.9 Å². The van der Waals surface area contributed by atoms with Crippen molar-refractivity contribution in [3.05, 3.63) is 75.2 Å². The molecule has 2 heterocycles. The van der Waals surface area contributed by atoms with E-state index < -0.39 is 0 Å². The molecule has 0 aliphatic carbocycles. The van der Waals surface area contributed by atoms with Crippen LogP contribution in [0.3, 0.4) is 0 Å². The second-order valence-electron chi connectivity index (χ2n) is 8.54. The Hall–Kier alpha value is -2.70. The molecule has 0 fully saturated rings. The first-order valence-electron chi connectivity index (χ1n) is 10.8. The first kappa shape index (κ1) is 22.5. The summed E-state index contributed by atoms with van der Waals surface area (Å²) in [4.78, 5) is 26.6. The molecule has 4 rings (SSSR count). The molecule has 0 aliphatic heterocycles. The fourth-order valence-electron chi connectivity index (χ4n) is 3.80. The molecule has 0 N–H and O–H groups in total. The minimum Gasteiger partial charge on any atom is -0.298 e. The number of thiophene rings is 1. The van der Waals surface area contributed by atoms with Gasteiger partial charge in [0.25, 0.3) is 0 Å². The zero-order chi connectivity index (χ0) is 22.8. The largest absolute Gasteiger partial charge is 0.346 e. The molecule has 0 saturated heterocycles. The van der Waals surface area contributed by atoms with Crippen LogP contribution in [0.5, 0.6) is 0 Å². The monoisotopic (exact) mass is 467 g/mol. The predicted molar refractivity (Wildman–Crippen MR) is 132 cm³/mol. The van der Waals surface area contributed by atoms with E-state index in [2.05, 4.69) is 11.2 Å². The van der Waals surface area contributed by atoms with Crippen LogP contribution in [0.1, 0.15) is 31.4 Å². The van der Waals surface area contributed by atoms with Gasteiger partial charge in [-0.15, -0.1) is 16.4 Å². The summed E-state index contributed by atoms with van der Waals surface area (Å²) in [5, 5.41) is 6.11. The summed E-state index contributed by atoms with van der Waals surface area (Å²) in [6, 6.07) is 16.0. The molecular weight excluding hydrogens is 442 g/mol. The number of Topliss-reactive ketones (excluding diaryl/α,β-unsaturated/α-hetero) is 1. The van der Waals surface area contributed by atoms with Crippen molar-refractivity contribution in [1.29, 1.82) is 0 Å². The molecule has 0 unspecified atom stereocenters. The summed E-state index contributed by atoms with van der Waals surface area (Å²) >= 11 is 8.19. The molecule has 2 aromatic heterocycles. The lowest BCUT2D eigenvalue weighted by molar-refractivity contribution is -0.119. The van der Waals surface area contributed by atoms with E-state index in [-0.39, 0.29) is 23.9 Å². The average molecular weight is 468 g/mol. The molecule has 0 bridgehead atoms. The number of halogens is 1. The average Bonchev–Trinajstić information content (AvgIpc) is 3.24. The highest BCUT2D eigenvalue weighted by Crippen LogP contribution is 2.41. The standard InChI is InChI=1S/C25H26ClN3O2S/c1-16(2)14-28-24(23-22(26)20-9-4-5-10-21(20)32-23)27-29(25(28)31)15-19(30)12-11-18-8-6-7-17(3)13-18/h4-10,13,16H,11-12,14-15H2,1-3H3. The van der Waals surface area contributed by atoms with Gasteiger partial charge in [0.15, 0.2) is 11.6 Å². The van der Waals surface area contributed by atoms with Gasteiger partial charge in [0.1, 0.15) is 6.54 Å². The highest BCUT2D eigenvalue weighted by molar-refractivity contribution is 7.23. The summed E-state index contributed by atoms with van der Waals surface area (Å²) in [5.41, 5.74) is 2.02. The van der Waals surface area contributed by atoms with Gasteiger partial charge >= 0.3 is 5.69 Å². The Bertz CT molecular complexity index is 1330. The third kappa shape index (κ3) is 4.71. The molecule has 0 amide bonds. The first-order chi connectivity index (χ1) is 15.3. The Balaban J connectivity index is 1.63. The van der Waals surface area contributed by atoms with E-state index in [0.29, 0.717) is 30.2 Å². The summed E-state index contributed by atoms with van der Waals surface area (Å²) in [5.74, 6) is 0.757. The van der Waals surface area contributed by atoms with E-state index in [1.807, 2.05) is 63.2 Å². The lowest BCUT2D eigenvalue weighted by atomic mass is 10.1. The Morgan fingerprint density at radius 3 is 2.66 bits per heavy atom. The molecule has 2 aromatic carbocycles. The summed E-state index contributed by atoms with van der Waals surface area (Å²) < 4.78 is 3.98. The van der Waals surface area contributed by atoms with E-state index in [0.717, 1.165) is 20.5 Å². The van der Waals surface area contributed by atoms with Crippen LogP contribution in [-0.2, 0) is 24.3 Å². The van der Waals surface area contributed by atoms with Crippen molar-refractivity contribution in [3.8, 4) is 10.7 Å². The molecule has 0 aliphatic rings. The highest BCUT2D eigenvalue weighted by atomic mass is 35.5. The van der Waals surface area contributed by atoms with Gasteiger partial charge in [0, 0.05) is 23.1 Å². The van der Waals surface area contributed by atoms with Gasteiger partial charge in [-0.2, -0.15) is 0 Å². The fraction of sp³-hybridized carbons (Fsp3) is 0.320. The van der Waals surface area contributed by atoms with E-state index in [1.54, 1.807) is 4.57 Å². The smallest absolute Gasteiger partial charge is 0.298 e. The number of fused-ring (bicyclic) bond motifs is 1. The molecule has 0 atom stereocenters. The van der Waals surface area contributed by atoms with Crippen molar-refractivity contribution < 1.29 is 4.79 Å². The van der Waals surface area contributed by atoms with Gasteiger partial charge in [-0.25, -0.2) is 9.48 Å². The van der Waals surface area contributed by atoms with Gasteiger partial charge in [-0.3, -0.25) is 9.36 Å². The summed E-state index contributed by atoms with van der Waals surface area (Å²) in [7, 11) is 0. The molecule has 166 valence electrons. The van der Waals surface area contributed by atoms with Gasteiger partial charge in [0.05, 0.1) is 9.90 Å². The van der Waals surface area contributed by atoms with Crippen LogP contribution in [0.15, 0.2) is 53.3 Å². The SMILES string of the molecule is Cc1cccc(CCC(=O)Cn2nc(-c3sc4ccccc4c3Cl)n(CC(C)C)c2=O)c1. The lowest BCUT2D eigenvalue weighted by Gasteiger charge is -2.07. The Labute approximate surface area is 196 Å². The van der Waals surface area contributed by atoms with Gasteiger partial charge in [0.2, 0.25) is 0 Å². The number of hydrogen-bond donors (Lipinski definition) is 0. The molecule has 0 saturated carbocycles. The van der Waals surface area contributed by atoms with Crippen LogP contribution >= 0.6 is 22.9 Å². The minimum absolute atomic E-state index is 0.0169. The molecule has 4 aromatic rings. The Morgan fingerprint density at radius 1 is 1.16 bits per heavy atom. The van der Waals surface area contributed by atoms with Crippen molar-refractivity contribution in [3.63, 3.8) is 0 Å². The minimum atomic E-state index is -0.272. The van der Waals surface area contributed by atoms with Gasteiger partial charge in [-0.1, -0.05) is 73.5 Å². The molecule has 0 spiro atoms. The van der Waals surface area contributed by atoms with E-state index in [9.17, 15) is 9.59 Å². The number of hydrogen-bond acceptors (Lipinski definition) is 4. The van der Waals surface area contributed by atoms with Gasteiger partial charge in [-0.05, 0) is 30.9 Å². The zero-order valence-electron chi connectivity index (χ0n) is 18.5. The van der Waals surface area contributed by atoms with Crippen molar-refractivity contribution >= 4 is 38.8 Å². The van der Waals surface area contributed by atoms with Crippen LogP contribution in [0.2, 0.25) is 5.02 Å². The maximum absolute atomic E-state index is 13.2. The van der Waals surface area contributed by atoms with Crippen molar-refractivity contribution in [2.75, 3.05) is 0 Å². The molecule has 32 heavy (non-hydrogen) atoms. The van der Waals surface area contributed by atoms with Crippen LogP contribution in [0.25, 0.3) is 20.8 Å². The van der Waals surface area contributed by atoms with E-state index >= 15 is 0 Å². The third-order valence-electron chi connectivity index (χ3n) is 5.31. The fourth-order valence-corrected chi connectivity index (χ4v) is 5.31. The first-order valence-corrected chi connectivity index (χ1v) is 11.9. The zero-order valence-corrected chi connectivity index (χ0v) is 20.0. The second kappa shape index (κ2) is 9.43. The number of benzene rings is 2. The molecule has 7 heteroatoms. The molecule has 5 nitrogen and oxygen atoms in total. The maximum Gasteiger partial charge on any atom is 0.346 e. The predicted octanol–water partition coefficient (Wildman–Crippen LogP) is 5.75. The molecule has 0 radical (unpaired) electrons. The summed E-state index contributed by atoms with van der Waals surface area (Å²) in [6.07, 6.45) is 1.02. The second-order valence-corrected chi connectivity index (χ2v) is 9.97. The van der Waals surface area contributed by atoms with Crippen LogP contribution < -0.4 is 5.69 Å². The highest BCUT2D eigenvalue weighted by Gasteiger charge is 2.22. The van der Waals surface area contributed by atoms with Crippen molar-refractivity contribution in [2.24, 2.45) is 5.92 Å². The van der Waals surface area contributed by atoms with Crippen LogP contribution in [0.4, 0.5) is 0 Å². The van der Waals surface area contributed by atoms with Crippen LogP contribution in [-0.4, -0.2) is 20.1 Å². The molecular formula is C25H26ClN3O2S. The van der Waals surface area contributed by atoms with Crippen molar-refractivity contribution in [1.82, 2.24) is 14.3 Å². The van der Waals surface area contributed by atoms with Crippen molar-refractivity contribution in [2.45, 2.75) is 46.7 Å². The number of carbonyl (C=O) groups excluding carboxylic acids is 1. The number of rotatable bonds is 8. The van der Waals surface area contributed by atoms with Crippen LogP contribution in [0, 0.1) is 12.8 Å². The quantitative estimate of drug-likeness (QED) is 0.331. The third-order valence-corrected chi connectivity index (χ3v) is 6.98. The number of aromatic nitrogens is 3. The number of carbonyl (C=O) groups is 1. The Morgan fingerprint density at radius 2 is 1.94 bits per heavy atom.